The minimum Gasteiger partial charge on any atom is -0.491 e. The second-order valence-corrected chi connectivity index (χ2v) is 4.21. The highest BCUT2D eigenvalue weighted by Crippen LogP contribution is 2.31. The van der Waals surface area contributed by atoms with Gasteiger partial charge in [-0.1, -0.05) is 19.9 Å². The number of rotatable bonds is 2. The highest BCUT2D eigenvalue weighted by Gasteiger charge is 2.15. The van der Waals surface area contributed by atoms with Crippen molar-refractivity contribution in [3.8, 4) is 5.75 Å². The molecule has 1 aliphatic rings. The molecule has 0 radical (unpaired) electrons. The third-order valence-electron chi connectivity index (χ3n) is 3.05. The number of benzene rings is 1. The molecule has 1 aromatic carbocycles. The number of hydrogen-bond donors (Lipinski definition) is 1. The van der Waals surface area contributed by atoms with Crippen LogP contribution < -0.4 is 10.1 Å². The summed E-state index contributed by atoms with van der Waals surface area (Å²) >= 11 is 0. The summed E-state index contributed by atoms with van der Waals surface area (Å²) in [5.41, 5.74) is 2.05. The Morgan fingerprint density at radius 1 is 1.50 bits per heavy atom. The van der Waals surface area contributed by atoms with Gasteiger partial charge < -0.3 is 10.1 Å². The molecule has 1 heterocycles. The van der Waals surface area contributed by atoms with E-state index in [1.54, 1.807) is 0 Å². The third kappa shape index (κ3) is 2.18. The summed E-state index contributed by atoms with van der Waals surface area (Å²) in [6.45, 7) is 4.80. The Morgan fingerprint density at radius 2 is 2.31 bits per heavy atom. The molecule has 0 saturated carbocycles. The van der Waals surface area contributed by atoms with Crippen molar-refractivity contribution < 1.29 is 9.53 Å². The molecule has 1 amide bonds. The van der Waals surface area contributed by atoms with Gasteiger partial charge >= 0.3 is 0 Å². The van der Waals surface area contributed by atoms with Crippen molar-refractivity contribution in [3.63, 3.8) is 0 Å². The smallest absolute Gasteiger partial charge is 0.227 e. The maximum atomic E-state index is 11.4. The largest absolute Gasteiger partial charge is 0.491 e. The molecule has 1 aliphatic heterocycles. The van der Waals surface area contributed by atoms with Crippen molar-refractivity contribution in [2.24, 2.45) is 0 Å². The quantitative estimate of drug-likeness (QED) is 0.830. The van der Waals surface area contributed by atoms with Crippen LogP contribution in [0.25, 0.3) is 0 Å². The predicted molar refractivity (Wildman–Crippen MR) is 63.9 cm³/mol. The highest BCUT2D eigenvalue weighted by atomic mass is 16.5. The van der Waals surface area contributed by atoms with Gasteiger partial charge in [-0.15, -0.1) is 0 Å². The van der Waals surface area contributed by atoms with Gasteiger partial charge in [0, 0.05) is 0 Å². The molecule has 86 valence electrons. The van der Waals surface area contributed by atoms with E-state index >= 15 is 0 Å². The lowest BCUT2D eigenvalue weighted by Crippen LogP contribution is -2.10. The molecule has 0 fully saturated rings. The molecule has 2 rings (SSSR count). The minimum atomic E-state index is 0.0278. The molecule has 0 spiro atoms. The first-order valence-corrected chi connectivity index (χ1v) is 5.77. The molecule has 1 unspecified atom stereocenters. The molecule has 3 heteroatoms. The summed E-state index contributed by atoms with van der Waals surface area (Å²) in [7, 11) is 0. The summed E-state index contributed by atoms with van der Waals surface area (Å²) in [5, 5.41) is 2.88. The maximum Gasteiger partial charge on any atom is 0.227 e. The van der Waals surface area contributed by atoms with Gasteiger partial charge in [-0.25, -0.2) is 0 Å². The number of anilines is 1. The van der Waals surface area contributed by atoms with Crippen molar-refractivity contribution in [1.82, 2.24) is 0 Å². The third-order valence-corrected chi connectivity index (χ3v) is 3.05. The molecule has 3 nitrogen and oxygen atoms in total. The summed E-state index contributed by atoms with van der Waals surface area (Å²) in [5.74, 6) is 1.31. The van der Waals surface area contributed by atoms with Crippen LogP contribution in [-0.2, 0) is 4.79 Å². The molecule has 16 heavy (non-hydrogen) atoms. The van der Waals surface area contributed by atoms with Crippen LogP contribution in [0, 0.1) is 0 Å². The standard InChI is InChI=1S/C13H17NO2/c1-3-9(2)10-4-5-12-11(8-10)14-13(15)6-7-16-12/h4-5,8-9H,3,6-7H2,1-2H3,(H,14,15). The van der Waals surface area contributed by atoms with Crippen LogP contribution in [0.2, 0.25) is 0 Å². The molecule has 1 aromatic rings. The van der Waals surface area contributed by atoms with E-state index in [0.717, 1.165) is 17.9 Å². The van der Waals surface area contributed by atoms with E-state index in [1.165, 1.54) is 5.56 Å². The summed E-state index contributed by atoms with van der Waals surface area (Å²) < 4.78 is 5.50. The summed E-state index contributed by atoms with van der Waals surface area (Å²) in [4.78, 5) is 11.4. The molecular weight excluding hydrogens is 202 g/mol. The number of amides is 1. The summed E-state index contributed by atoms with van der Waals surface area (Å²) in [6, 6.07) is 6.04. The second-order valence-electron chi connectivity index (χ2n) is 4.21. The van der Waals surface area contributed by atoms with Crippen molar-refractivity contribution in [2.75, 3.05) is 11.9 Å². The Hall–Kier alpha value is -1.51. The zero-order chi connectivity index (χ0) is 11.5. The van der Waals surface area contributed by atoms with Crippen LogP contribution >= 0.6 is 0 Å². The zero-order valence-electron chi connectivity index (χ0n) is 9.75. The number of nitrogens with one attached hydrogen (secondary N) is 1. The van der Waals surface area contributed by atoms with Crippen LogP contribution in [0.3, 0.4) is 0 Å². The maximum absolute atomic E-state index is 11.4. The van der Waals surface area contributed by atoms with Crippen molar-refractivity contribution in [2.45, 2.75) is 32.6 Å². The lowest BCUT2D eigenvalue weighted by Gasteiger charge is -2.13. The number of hydrogen-bond acceptors (Lipinski definition) is 2. The van der Waals surface area contributed by atoms with Gasteiger partial charge in [-0.3, -0.25) is 4.79 Å². The lowest BCUT2D eigenvalue weighted by molar-refractivity contribution is -0.116. The van der Waals surface area contributed by atoms with E-state index in [2.05, 4.69) is 25.2 Å². The van der Waals surface area contributed by atoms with Gasteiger partial charge in [0.1, 0.15) is 5.75 Å². The van der Waals surface area contributed by atoms with Crippen LogP contribution in [0.15, 0.2) is 18.2 Å². The molecule has 0 bridgehead atoms. The van der Waals surface area contributed by atoms with Gasteiger partial charge in [0.15, 0.2) is 0 Å². The first kappa shape index (κ1) is 11.0. The molecule has 0 aromatic heterocycles. The van der Waals surface area contributed by atoms with Gasteiger partial charge in [-0.2, -0.15) is 0 Å². The van der Waals surface area contributed by atoms with Crippen molar-refractivity contribution in [3.05, 3.63) is 23.8 Å². The SMILES string of the molecule is CCC(C)c1ccc2c(c1)NC(=O)CCO2. The molecule has 1 N–H and O–H groups in total. The Morgan fingerprint density at radius 3 is 3.06 bits per heavy atom. The fourth-order valence-corrected chi connectivity index (χ4v) is 1.78. The average Bonchev–Trinajstić information content (AvgIpc) is 2.47. The molecule has 1 atom stereocenters. The van der Waals surface area contributed by atoms with Crippen molar-refractivity contribution >= 4 is 11.6 Å². The Kier molecular flexibility index (Phi) is 3.13. The first-order valence-electron chi connectivity index (χ1n) is 5.77. The molecule has 0 aliphatic carbocycles. The fourth-order valence-electron chi connectivity index (χ4n) is 1.78. The van der Waals surface area contributed by atoms with Gasteiger partial charge in [-0.05, 0) is 30.0 Å². The van der Waals surface area contributed by atoms with E-state index in [9.17, 15) is 4.79 Å². The minimum absolute atomic E-state index is 0.0278. The predicted octanol–water partition coefficient (Wildman–Crippen LogP) is 2.92. The number of carbonyl (C=O) groups excluding carboxylic acids is 1. The lowest BCUT2D eigenvalue weighted by atomic mass is 9.98. The van der Waals surface area contributed by atoms with E-state index in [4.69, 9.17) is 4.74 Å². The fraction of sp³-hybridized carbons (Fsp3) is 0.462. The normalized spacial score (nSPS) is 16.8. The number of carbonyl (C=O) groups is 1. The van der Waals surface area contributed by atoms with Crippen LogP contribution in [-0.4, -0.2) is 12.5 Å². The number of fused-ring (bicyclic) bond motifs is 1. The van der Waals surface area contributed by atoms with Gasteiger partial charge in [0.2, 0.25) is 5.91 Å². The average molecular weight is 219 g/mol. The Bertz CT molecular complexity index is 401. The van der Waals surface area contributed by atoms with E-state index in [1.807, 2.05) is 12.1 Å². The molecule has 0 saturated heterocycles. The first-order chi connectivity index (χ1) is 7.70. The molecular formula is C13H17NO2. The van der Waals surface area contributed by atoms with E-state index in [-0.39, 0.29) is 5.91 Å². The van der Waals surface area contributed by atoms with Crippen molar-refractivity contribution in [1.29, 1.82) is 0 Å². The Balaban J connectivity index is 2.32. The monoisotopic (exact) mass is 219 g/mol. The van der Waals surface area contributed by atoms with Gasteiger partial charge in [0.25, 0.3) is 0 Å². The highest BCUT2D eigenvalue weighted by molar-refractivity contribution is 5.93. The second kappa shape index (κ2) is 4.56. The van der Waals surface area contributed by atoms with Crippen LogP contribution in [0.5, 0.6) is 5.75 Å². The van der Waals surface area contributed by atoms with E-state index in [0.29, 0.717) is 18.9 Å². The zero-order valence-corrected chi connectivity index (χ0v) is 9.75. The van der Waals surface area contributed by atoms with Crippen LogP contribution in [0.4, 0.5) is 5.69 Å². The summed E-state index contributed by atoms with van der Waals surface area (Å²) in [6.07, 6.45) is 1.51. The topological polar surface area (TPSA) is 38.3 Å². The Labute approximate surface area is 95.8 Å². The number of ether oxygens (including phenoxy) is 1. The van der Waals surface area contributed by atoms with Crippen LogP contribution in [0.1, 0.15) is 38.2 Å². The van der Waals surface area contributed by atoms with E-state index < -0.39 is 0 Å². The van der Waals surface area contributed by atoms with Gasteiger partial charge in [0.05, 0.1) is 18.7 Å².